The number of hydrogen-bond acceptors (Lipinski definition) is 7. The minimum atomic E-state index is -0.512. The van der Waals surface area contributed by atoms with Gasteiger partial charge in [-0.1, -0.05) is 20.8 Å². The average Bonchev–Trinajstić information content (AvgIpc) is 3.25. The molecule has 0 aromatic rings. The van der Waals surface area contributed by atoms with Gasteiger partial charge in [-0.3, -0.25) is 14.4 Å². The maximum absolute atomic E-state index is 11.9. The van der Waals surface area contributed by atoms with Crippen LogP contribution in [0.2, 0.25) is 0 Å². The zero-order valence-electron chi connectivity index (χ0n) is 17.6. The third-order valence-electron chi connectivity index (χ3n) is 8.87. The van der Waals surface area contributed by atoms with Crippen molar-refractivity contribution in [2.45, 2.75) is 83.0 Å². The Labute approximate surface area is 171 Å². The number of esters is 1. The van der Waals surface area contributed by atoms with Crippen LogP contribution in [0.1, 0.15) is 65.7 Å². The van der Waals surface area contributed by atoms with Crippen LogP contribution in [0.4, 0.5) is 0 Å². The number of rotatable bonds is 5. The molecule has 0 N–H and O–H groups in total. The number of fused-ring (bicyclic) bond motifs is 2. The van der Waals surface area contributed by atoms with E-state index in [2.05, 4.69) is 20.8 Å². The highest BCUT2D eigenvalue weighted by Crippen LogP contribution is 2.68. The molecular weight excluding hydrogens is 376 g/mol. The Morgan fingerprint density at radius 1 is 1.10 bits per heavy atom. The topological polar surface area (TPSA) is 88.1 Å². The molecule has 4 rings (SSSR count). The number of cyclic esters (lactones) is 1. The van der Waals surface area contributed by atoms with Crippen molar-refractivity contribution < 1.29 is 33.3 Å². The largest absolute Gasteiger partial charge is 0.467 e. The van der Waals surface area contributed by atoms with E-state index in [1.807, 2.05) is 0 Å². The lowest BCUT2D eigenvalue weighted by atomic mass is 9.43. The van der Waals surface area contributed by atoms with E-state index in [9.17, 15) is 14.4 Å². The molecule has 162 valence electrons. The van der Waals surface area contributed by atoms with E-state index in [0.29, 0.717) is 38.3 Å². The third kappa shape index (κ3) is 2.83. The van der Waals surface area contributed by atoms with Crippen molar-refractivity contribution in [1.82, 2.24) is 0 Å². The van der Waals surface area contributed by atoms with E-state index < -0.39 is 11.0 Å². The summed E-state index contributed by atoms with van der Waals surface area (Å²) in [5.41, 5.74) is -1.53. The van der Waals surface area contributed by atoms with Crippen molar-refractivity contribution in [1.29, 1.82) is 0 Å². The molecule has 29 heavy (non-hydrogen) atoms. The summed E-state index contributed by atoms with van der Waals surface area (Å²) in [4.78, 5) is 34.0. The zero-order valence-corrected chi connectivity index (χ0v) is 17.6. The van der Waals surface area contributed by atoms with Crippen LogP contribution in [-0.2, 0) is 33.3 Å². The van der Waals surface area contributed by atoms with Gasteiger partial charge in [-0.25, -0.2) is 0 Å². The van der Waals surface area contributed by atoms with Crippen molar-refractivity contribution >= 4 is 18.9 Å². The average molecular weight is 408 g/mol. The highest BCUT2D eigenvalue weighted by atomic mass is 16.6. The van der Waals surface area contributed by atoms with E-state index in [0.717, 1.165) is 32.1 Å². The number of carbonyl (C=O) groups is 3. The summed E-state index contributed by atoms with van der Waals surface area (Å²) in [5.74, 6) is 0.330. The number of carbonyl (C=O) groups excluding carboxylic acids is 3. The molecule has 2 heterocycles. The van der Waals surface area contributed by atoms with Gasteiger partial charge in [-0.15, -0.1) is 0 Å². The standard InChI is InChI=1S/C22H32O7/c1-15-4-5-16-19(2,11-26-13-23)17(28-14-24)6-7-20(16,3)22(15)9-8-21(29-22)10-18(25)27-12-21/h13-17H,4-12H2,1-3H3/t15-,16?,17+,19+,20+,21?,22-/m1/s1. The Morgan fingerprint density at radius 3 is 2.55 bits per heavy atom. The quantitative estimate of drug-likeness (QED) is 0.393. The van der Waals surface area contributed by atoms with E-state index >= 15 is 0 Å². The molecule has 2 spiro atoms. The number of hydrogen-bond donors (Lipinski definition) is 0. The maximum Gasteiger partial charge on any atom is 0.308 e. The third-order valence-corrected chi connectivity index (χ3v) is 8.87. The first kappa shape index (κ1) is 20.6. The van der Waals surface area contributed by atoms with Gasteiger partial charge in [0.05, 0.1) is 12.0 Å². The molecule has 0 radical (unpaired) electrons. The SMILES string of the molecule is C[C@@H]1CCC2[C@](C)(COC=O)[C@@H](OC=O)CC[C@]2(C)[C@@]12CCC1(COC(=O)C1)O2. The van der Waals surface area contributed by atoms with Gasteiger partial charge in [0.15, 0.2) is 0 Å². The van der Waals surface area contributed by atoms with Gasteiger partial charge in [0.1, 0.15) is 24.9 Å². The second-order valence-electron chi connectivity index (χ2n) is 10.1. The highest BCUT2D eigenvalue weighted by molar-refractivity contribution is 5.73. The molecular formula is C22H32O7. The van der Waals surface area contributed by atoms with Gasteiger partial charge in [-0.2, -0.15) is 0 Å². The fourth-order valence-electron chi connectivity index (χ4n) is 7.41. The maximum atomic E-state index is 11.9. The van der Waals surface area contributed by atoms with Gasteiger partial charge in [0.25, 0.3) is 12.9 Å². The van der Waals surface area contributed by atoms with Gasteiger partial charge in [-0.05, 0) is 50.4 Å². The molecule has 2 unspecified atom stereocenters. The predicted molar refractivity (Wildman–Crippen MR) is 102 cm³/mol. The molecule has 0 aromatic heterocycles. The first-order chi connectivity index (χ1) is 13.8. The normalized spacial score (nSPS) is 48.9. The van der Waals surface area contributed by atoms with Crippen molar-refractivity contribution in [2.24, 2.45) is 22.7 Å². The summed E-state index contributed by atoms with van der Waals surface area (Å²) in [6.45, 7) is 8.15. The smallest absolute Gasteiger partial charge is 0.308 e. The van der Waals surface area contributed by atoms with Crippen molar-refractivity contribution in [3.8, 4) is 0 Å². The van der Waals surface area contributed by atoms with Crippen molar-refractivity contribution in [3.05, 3.63) is 0 Å². The van der Waals surface area contributed by atoms with E-state index in [-0.39, 0.29) is 35.6 Å². The monoisotopic (exact) mass is 408 g/mol. The Balaban J connectivity index is 1.71. The summed E-state index contributed by atoms with van der Waals surface area (Å²) in [5, 5.41) is 0. The van der Waals surface area contributed by atoms with Gasteiger partial charge in [0.2, 0.25) is 0 Å². The predicted octanol–water partition coefficient (Wildman–Crippen LogP) is 2.79. The molecule has 7 nitrogen and oxygen atoms in total. The molecule has 2 aliphatic heterocycles. The van der Waals surface area contributed by atoms with Crippen LogP contribution in [0.15, 0.2) is 0 Å². The number of ether oxygens (including phenoxy) is 4. The summed E-state index contributed by atoms with van der Waals surface area (Å²) < 4.78 is 23.0. The summed E-state index contributed by atoms with van der Waals surface area (Å²) in [6, 6.07) is 0. The highest BCUT2D eigenvalue weighted by Gasteiger charge is 2.70. The van der Waals surface area contributed by atoms with Crippen LogP contribution < -0.4 is 0 Å². The fourth-order valence-corrected chi connectivity index (χ4v) is 7.41. The van der Waals surface area contributed by atoms with E-state index in [1.54, 1.807) is 0 Å². The second-order valence-corrected chi connectivity index (χ2v) is 10.1. The van der Waals surface area contributed by atoms with Crippen molar-refractivity contribution in [2.75, 3.05) is 13.2 Å². The van der Waals surface area contributed by atoms with Crippen LogP contribution >= 0.6 is 0 Å². The lowest BCUT2D eigenvalue weighted by Gasteiger charge is -2.65. The first-order valence-corrected chi connectivity index (χ1v) is 10.8. The first-order valence-electron chi connectivity index (χ1n) is 10.8. The minimum absolute atomic E-state index is 0.165. The van der Waals surface area contributed by atoms with Crippen LogP contribution in [-0.4, -0.2) is 49.4 Å². The molecule has 2 saturated carbocycles. The Hall–Kier alpha value is -1.63. The molecule has 0 aromatic carbocycles. The van der Waals surface area contributed by atoms with Crippen LogP contribution in [0, 0.1) is 22.7 Å². The van der Waals surface area contributed by atoms with Crippen LogP contribution in [0.3, 0.4) is 0 Å². The summed E-state index contributed by atoms with van der Waals surface area (Å²) in [7, 11) is 0. The second kappa shape index (κ2) is 6.96. The van der Waals surface area contributed by atoms with E-state index in [4.69, 9.17) is 18.9 Å². The molecule has 0 bridgehead atoms. The summed E-state index contributed by atoms with van der Waals surface area (Å²) in [6.07, 6.45) is 5.24. The lowest BCUT2D eigenvalue weighted by molar-refractivity contribution is -0.267. The van der Waals surface area contributed by atoms with Crippen LogP contribution in [0.25, 0.3) is 0 Å². The Bertz CT molecular complexity index is 695. The van der Waals surface area contributed by atoms with Crippen molar-refractivity contribution in [3.63, 3.8) is 0 Å². The van der Waals surface area contributed by atoms with Gasteiger partial charge < -0.3 is 18.9 Å². The van der Waals surface area contributed by atoms with Gasteiger partial charge in [0, 0.05) is 10.8 Å². The molecule has 2 saturated heterocycles. The molecule has 7 heteroatoms. The molecule has 0 amide bonds. The zero-order chi connectivity index (χ0) is 20.9. The molecule has 7 atom stereocenters. The Morgan fingerprint density at radius 2 is 1.90 bits per heavy atom. The molecule has 4 fully saturated rings. The van der Waals surface area contributed by atoms with Gasteiger partial charge >= 0.3 is 5.97 Å². The molecule has 4 aliphatic rings. The Kier molecular flexibility index (Phi) is 4.95. The van der Waals surface area contributed by atoms with E-state index in [1.165, 1.54) is 0 Å². The minimum Gasteiger partial charge on any atom is -0.467 e. The molecule has 2 aliphatic carbocycles. The lowest BCUT2D eigenvalue weighted by Crippen LogP contribution is -2.66. The summed E-state index contributed by atoms with van der Waals surface area (Å²) >= 11 is 0. The van der Waals surface area contributed by atoms with Crippen LogP contribution in [0.5, 0.6) is 0 Å². The fraction of sp³-hybridized carbons (Fsp3) is 0.864.